The number of carbonyl (C=O) groups excluding carboxylic acids is 1. The predicted octanol–water partition coefficient (Wildman–Crippen LogP) is 2.71. The Bertz CT molecular complexity index is 669. The van der Waals surface area contributed by atoms with E-state index in [2.05, 4.69) is 5.32 Å². The Morgan fingerprint density at radius 1 is 1.46 bits per heavy atom. The molecule has 2 unspecified atom stereocenters. The van der Waals surface area contributed by atoms with E-state index in [0.717, 1.165) is 6.07 Å². The lowest BCUT2D eigenvalue weighted by Gasteiger charge is -2.15. The van der Waals surface area contributed by atoms with E-state index in [1.807, 2.05) is 0 Å². The Balaban J connectivity index is 2.17. The van der Waals surface area contributed by atoms with Crippen LogP contribution >= 0.6 is 11.6 Å². The maximum Gasteiger partial charge on any atom is 0.418 e. The molecule has 2 atom stereocenters. The van der Waals surface area contributed by atoms with Crippen molar-refractivity contribution in [2.75, 3.05) is 11.9 Å². The molecule has 1 fully saturated rings. The van der Waals surface area contributed by atoms with Gasteiger partial charge >= 0.3 is 6.18 Å². The molecule has 1 saturated heterocycles. The van der Waals surface area contributed by atoms with Gasteiger partial charge in [-0.15, -0.1) is 0 Å². The van der Waals surface area contributed by atoms with Gasteiger partial charge in [0, 0.05) is 12.6 Å². The van der Waals surface area contributed by atoms with Crippen LogP contribution in [0.1, 0.15) is 18.4 Å². The quantitative estimate of drug-likeness (QED) is 0.614. The molecule has 0 spiro atoms. The summed E-state index contributed by atoms with van der Waals surface area (Å²) >= 11 is 5.58. The number of carbonyl (C=O) groups is 1. The molecule has 0 bridgehead atoms. The summed E-state index contributed by atoms with van der Waals surface area (Å²) in [5.41, 5.74) is 2.91. The first-order valence-corrected chi connectivity index (χ1v) is 7.21. The standard InChI is InChI=1S/C13H13ClF3N3O4/c14-8-4-9(10(20(22)23)3-7(8)13(15,16)17)19-5-6-1-2-11(24-6)12(18)21/h3-4,6,11,19H,1-2,5H2,(H2,18,21). The first-order valence-electron chi connectivity index (χ1n) is 6.83. The monoisotopic (exact) mass is 367 g/mol. The Kier molecular flexibility index (Phi) is 5.19. The molecule has 1 aromatic rings. The van der Waals surface area contributed by atoms with Gasteiger partial charge in [0.1, 0.15) is 11.8 Å². The van der Waals surface area contributed by atoms with E-state index in [1.54, 1.807) is 0 Å². The van der Waals surface area contributed by atoms with Gasteiger partial charge in [0.05, 0.1) is 21.6 Å². The van der Waals surface area contributed by atoms with Crippen molar-refractivity contribution < 1.29 is 27.6 Å². The van der Waals surface area contributed by atoms with E-state index in [9.17, 15) is 28.1 Å². The van der Waals surface area contributed by atoms with Crippen molar-refractivity contribution in [2.24, 2.45) is 5.73 Å². The van der Waals surface area contributed by atoms with Crippen molar-refractivity contribution in [3.63, 3.8) is 0 Å². The molecule has 24 heavy (non-hydrogen) atoms. The lowest BCUT2D eigenvalue weighted by molar-refractivity contribution is -0.384. The average molecular weight is 368 g/mol. The second kappa shape index (κ2) is 6.81. The number of nitrogens with zero attached hydrogens (tertiary/aromatic N) is 1. The van der Waals surface area contributed by atoms with Gasteiger partial charge in [-0.25, -0.2) is 0 Å². The van der Waals surface area contributed by atoms with Gasteiger partial charge in [-0.1, -0.05) is 11.6 Å². The van der Waals surface area contributed by atoms with E-state index in [1.165, 1.54) is 0 Å². The minimum atomic E-state index is -4.80. The molecule has 0 radical (unpaired) electrons. The number of primary amides is 1. The van der Waals surface area contributed by atoms with E-state index in [-0.39, 0.29) is 12.2 Å². The number of amides is 1. The average Bonchev–Trinajstić information content (AvgIpc) is 2.92. The third-order valence-electron chi connectivity index (χ3n) is 3.53. The van der Waals surface area contributed by atoms with Crippen LogP contribution in [0.5, 0.6) is 0 Å². The molecule has 1 heterocycles. The number of rotatable bonds is 5. The highest BCUT2D eigenvalue weighted by atomic mass is 35.5. The predicted molar refractivity (Wildman–Crippen MR) is 78.7 cm³/mol. The molecule has 0 saturated carbocycles. The molecule has 1 aliphatic heterocycles. The zero-order valence-electron chi connectivity index (χ0n) is 12.1. The van der Waals surface area contributed by atoms with Gasteiger partial charge in [-0.3, -0.25) is 14.9 Å². The topological polar surface area (TPSA) is 107 Å². The minimum absolute atomic E-state index is 0.0618. The van der Waals surface area contributed by atoms with E-state index in [0.29, 0.717) is 18.9 Å². The van der Waals surface area contributed by atoms with Crippen molar-refractivity contribution >= 4 is 28.9 Å². The lowest BCUT2D eigenvalue weighted by atomic mass is 10.1. The third-order valence-corrected chi connectivity index (χ3v) is 3.85. The fourth-order valence-corrected chi connectivity index (χ4v) is 2.63. The van der Waals surface area contributed by atoms with Crippen molar-refractivity contribution in [2.45, 2.75) is 31.2 Å². The molecule has 1 amide bonds. The first kappa shape index (κ1) is 18.3. The molecule has 0 aromatic heterocycles. The van der Waals surface area contributed by atoms with Crippen molar-refractivity contribution in [3.8, 4) is 0 Å². The number of nitro groups is 1. The summed E-state index contributed by atoms with van der Waals surface area (Å²) in [6.07, 6.45) is -5.07. The Morgan fingerprint density at radius 2 is 2.12 bits per heavy atom. The van der Waals surface area contributed by atoms with E-state index in [4.69, 9.17) is 22.1 Å². The molecular formula is C13H13ClF3N3O4. The number of hydrogen-bond acceptors (Lipinski definition) is 5. The van der Waals surface area contributed by atoms with Gasteiger partial charge in [0.2, 0.25) is 5.91 Å². The molecule has 1 aliphatic rings. The minimum Gasteiger partial charge on any atom is -0.377 e. The SMILES string of the molecule is NC(=O)C1CCC(CNc2cc(Cl)c(C(F)(F)F)cc2[N+](=O)[O-])O1. The smallest absolute Gasteiger partial charge is 0.377 e. The summed E-state index contributed by atoms with van der Waals surface area (Å²) < 4.78 is 43.7. The summed E-state index contributed by atoms with van der Waals surface area (Å²) in [5, 5.41) is 13.0. The normalized spacial score (nSPS) is 20.8. The molecular weight excluding hydrogens is 355 g/mol. The molecule has 11 heteroatoms. The zero-order valence-corrected chi connectivity index (χ0v) is 12.9. The highest BCUT2D eigenvalue weighted by Crippen LogP contribution is 2.40. The van der Waals surface area contributed by atoms with Gasteiger partial charge < -0.3 is 15.8 Å². The molecule has 132 valence electrons. The van der Waals surface area contributed by atoms with E-state index < -0.39 is 45.5 Å². The number of nitrogens with one attached hydrogen (secondary N) is 1. The summed E-state index contributed by atoms with van der Waals surface area (Å²) in [6.45, 7) is 0.0618. The Morgan fingerprint density at radius 3 is 2.62 bits per heavy atom. The number of hydrogen-bond donors (Lipinski definition) is 2. The number of alkyl halides is 3. The number of halogens is 4. The highest BCUT2D eigenvalue weighted by Gasteiger charge is 2.36. The number of nitrogens with two attached hydrogens (primary N) is 1. The maximum absolute atomic E-state index is 12.8. The largest absolute Gasteiger partial charge is 0.418 e. The summed E-state index contributed by atoms with van der Waals surface area (Å²) in [5.74, 6) is -0.610. The van der Waals surface area contributed by atoms with Crippen LogP contribution in [0.4, 0.5) is 24.5 Å². The summed E-state index contributed by atoms with van der Waals surface area (Å²) in [4.78, 5) is 21.1. The highest BCUT2D eigenvalue weighted by molar-refractivity contribution is 6.31. The lowest BCUT2D eigenvalue weighted by Crippen LogP contribution is -2.30. The van der Waals surface area contributed by atoms with E-state index >= 15 is 0 Å². The van der Waals surface area contributed by atoms with Crippen LogP contribution in [0.25, 0.3) is 0 Å². The zero-order chi connectivity index (χ0) is 18.1. The van der Waals surface area contributed by atoms with Crippen LogP contribution in [-0.2, 0) is 15.7 Å². The van der Waals surface area contributed by atoms with Crippen LogP contribution in [0.15, 0.2) is 12.1 Å². The maximum atomic E-state index is 12.8. The van der Waals surface area contributed by atoms with Gasteiger partial charge in [0.25, 0.3) is 5.69 Å². The van der Waals surface area contributed by atoms with Crippen molar-refractivity contribution in [1.29, 1.82) is 0 Å². The van der Waals surface area contributed by atoms with Crippen molar-refractivity contribution in [1.82, 2.24) is 0 Å². The van der Waals surface area contributed by atoms with Crippen LogP contribution in [0, 0.1) is 10.1 Å². The fraction of sp³-hybridized carbons (Fsp3) is 0.462. The summed E-state index contributed by atoms with van der Waals surface area (Å²) in [7, 11) is 0. The number of benzene rings is 1. The number of ether oxygens (including phenoxy) is 1. The van der Waals surface area contributed by atoms with Crippen molar-refractivity contribution in [3.05, 3.63) is 32.8 Å². The Hall–Kier alpha value is -2.07. The number of anilines is 1. The van der Waals surface area contributed by atoms with Crippen LogP contribution < -0.4 is 11.1 Å². The summed E-state index contributed by atoms with van der Waals surface area (Å²) in [6, 6.07) is 1.23. The van der Waals surface area contributed by atoms with Gasteiger partial charge in [0.15, 0.2) is 0 Å². The fourth-order valence-electron chi connectivity index (χ4n) is 2.36. The van der Waals surface area contributed by atoms with Crippen LogP contribution in [-0.4, -0.2) is 29.6 Å². The van der Waals surface area contributed by atoms with Crippen LogP contribution in [0.3, 0.4) is 0 Å². The second-order valence-electron chi connectivity index (χ2n) is 5.21. The van der Waals surface area contributed by atoms with Crippen LogP contribution in [0.2, 0.25) is 5.02 Å². The van der Waals surface area contributed by atoms with Gasteiger partial charge in [-0.2, -0.15) is 13.2 Å². The Labute approximate surface area is 139 Å². The molecule has 3 N–H and O–H groups in total. The molecule has 2 rings (SSSR count). The first-order chi connectivity index (χ1) is 11.1. The molecule has 7 nitrogen and oxygen atoms in total. The molecule has 0 aliphatic carbocycles. The number of nitro benzene ring substituents is 1. The van der Waals surface area contributed by atoms with Gasteiger partial charge in [-0.05, 0) is 18.9 Å². The second-order valence-corrected chi connectivity index (χ2v) is 5.62. The molecule has 1 aromatic carbocycles. The third kappa shape index (κ3) is 4.06.